The third kappa shape index (κ3) is 5.59. The van der Waals surface area contributed by atoms with Crippen molar-refractivity contribution in [2.24, 2.45) is 0 Å². The molecule has 0 bridgehead atoms. The van der Waals surface area contributed by atoms with Crippen molar-refractivity contribution in [2.45, 2.75) is 44.1 Å². The second-order valence-electron chi connectivity index (χ2n) is 9.85. The van der Waals surface area contributed by atoms with E-state index in [1.54, 1.807) is 23.1 Å². The Balaban J connectivity index is 1.07. The fourth-order valence-corrected chi connectivity index (χ4v) is 5.19. The van der Waals surface area contributed by atoms with Crippen LogP contribution < -0.4 is 0 Å². The van der Waals surface area contributed by atoms with Gasteiger partial charge in [0.15, 0.2) is 0 Å². The largest absolute Gasteiger partial charge is 0.445 e. The van der Waals surface area contributed by atoms with Crippen LogP contribution in [0.5, 0.6) is 0 Å². The summed E-state index contributed by atoms with van der Waals surface area (Å²) in [4.78, 5) is 31.4. The van der Waals surface area contributed by atoms with Crippen molar-refractivity contribution in [1.29, 1.82) is 0 Å². The molecule has 0 aliphatic carbocycles. The first-order valence-corrected chi connectivity index (χ1v) is 12.6. The molecule has 38 heavy (non-hydrogen) atoms. The quantitative estimate of drug-likeness (QED) is 0.538. The van der Waals surface area contributed by atoms with E-state index >= 15 is 0 Å². The van der Waals surface area contributed by atoms with Crippen molar-refractivity contribution in [3.63, 3.8) is 0 Å². The Bertz CT molecular complexity index is 1290. The molecule has 2 aromatic carbocycles. The molecule has 2 saturated heterocycles. The van der Waals surface area contributed by atoms with Crippen molar-refractivity contribution < 1.29 is 27.5 Å². The number of likely N-dealkylation sites (tertiary alicyclic amines) is 2. The number of hydrogen-bond acceptors (Lipinski definition) is 6. The molecule has 0 spiro atoms. The Morgan fingerprint density at radius 1 is 0.974 bits per heavy atom. The predicted molar refractivity (Wildman–Crippen MR) is 132 cm³/mol. The molecule has 3 aromatic rings. The van der Waals surface area contributed by atoms with Crippen LogP contribution in [0, 0.1) is 0 Å². The number of benzene rings is 2. The highest BCUT2D eigenvalue weighted by Gasteiger charge is 2.35. The van der Waals surface area contributed by atoms with Crippen LogP contribution in [0.15, 0.2) is 42.5 Å². The number of halogens is 3. The summed E-state index contributed by atoms with van der Waals surface area (Å²) >= 11 is 0. The maximum atomic E-state index is 13.0. The SMILES string of the molecule is CN(C1CCN(C(=O)OCc2ccc(C(F)(F)F)cc2)CC1)C1CCN(C(=O)c2ccc3n[nH]nc3c2)C1. The molecule has 0 radical (unpaired) electrons. The maximum absolute atomic E-state index is 13.0. The van der Waals surface area contributed by atoms with Gasteiger partial charge in [-0.15, -0.1) is 0 Å². The molecular formula is C26H29F3N6O3. The van der Waals surface area contributed by atoms with Gasteiger partial charge < -0.3 is 14.5 Å². The second-order valence-corrected chi connectivity index (χ2v) is 9.85. The molecule has 2 aliphatic heterocycles. The van der Waals surface area contributed by atoms with Gasteiger partial charge in [-0.2, -0.15) is 28.6 Å². The molecule has 1 aromatic heterocycles. The Hall–Kier alpha value is -3.67. The molecule has 12 heteroatoms. The maximum Gasteiger partial charge on any atom is 0.416 e. The van der Waals surface area contributed by atoms with Crippen LogP contribution in [0.4, 0.5) is 18.0 Å². The van der Waals surface area contributed by atoms with E-state index in [-0.39, 0.29) is 24.6 Å². The Kier molecular flexibility index (Phi) is 7.24. The first-order chi connectivity index (χ1) is 18.2. The van der Waals surface area contributed by atoms with Gasteiger partial charge in [0.2, 0.25) is 0 Å². The molecule has 2 fully saturated rings. The molecule has 3 heterocycles. The Labute approximate surface area is 217 Å². The first-order valence-electron chi connectivity index (χ1n) is 12.6. The lowest BCUT2D eigenvalue weighted by atomic mass is 10.0. The number of carbonyl (C=O) groups is 2. The number of likely N-dealkylation sites (N-methyl/N-ethyl adjacent to an activating group) is 1. The Morgan fingerprint density at radius 2 is 1.63 bits per heavy atom. The standard InChI is InChI=1S/C26H29F3N6O3/c1-33(21-10-13-35(15-21)24(36)18-4-7-22-23(14-18)31-32-30-22)20-8-11-34(12-9-20)25(37)38-16-17-2-5-19(6-3-17)26(27,28)29/h2-7,14,20-21H,8-13,15-16H2,1H3,(H,30,31,32). The first kappa shape index (κ1) is 26.0. The summed E-state index contributed by atoms with van der Waals surface area (Å²) in [5, 5.41) is 10.6. The van der Waals surface area contributed by atoms with Gasteiger partial charge in [0.25, 0.3) is 5.91 Å². The minimum atomic E-state index is -4.40. The van der Waals surface area contributed by atoms with Crippen molar-refractivity contribution in [2.75, 3.05) is 33.2 Å². The van der Waals surface area contributed by atoms with Crippen LogP contribution in [-0.2, 0) is 17.5 Å². The van der Waals surface area contributed by atoms with Crippen LogP contribution >= 0.6 is 0 Å². The zero-order valence-corrected chi connectivity index (χ0v) is 20.9. The van der Waals surface area contributed by atoms with Gasteiger partial charge in [0.05, 0.1) is 5.56 Å². The van der Waals surface area contributed by atoms with Gasteiger partial charge in [-0.3, -0.25) is 9.69 Å². The van der Waals surface area contributed by atoms with Gasteiger partial charge in [-0.1, -0.05) is 12.1 Å². The van der Waals surface area contributed by atoms with Crippen LogP contribution in [0.1, 0.15) is 40.7 Å². The number of aromatic amines is 1. The minimum absolute atomic E-state index is 0.0172. The highest BCUT2D eigenvalue weighted by Crippen LogP contribution is 2.29. The number of H-pyrrole nitrogens is 1. The second kappa shape index (κ2) is 10.6. The fourth-order valence-electron chi connectivity index (χ4n) is 5.19. The number of piperidine rings is 1. The molecule has 2 amide bonds. The lowest BCUT2D eigenvalue weighted by Gasteiger charge is -2.39. The van der Waals surface area contributed by atoms with Crippen LogP contribution in [-0.4, -0.2) is 87.4 Å². The highest BCUT2D eigenvalue weighted by molar-refractivity contribution is 5.97. The number of nitrogens with zero attached hydrogens (tertiary/aromatic N) is 5. The molecule has 2 aliphatic rings. The van der Waals surface area contributed by atoms with Crippen LogP contribution in [0.25, 0.3) is 11.0 Å². The number of rotatable bonds is 5. The van der Waals surface area contributed by atoms with Gasteiger partial charge in [0, 0.05) is 43.8 Å². The van der Waals surface area contributed by atoms with E-state index in [1.807, 2.05) is 4.90 Å². The van der Waals surface area contributed by atoms with Crippen molar-refractivity contribution in [3.8, 4) is 0 Å². The highest BCUT2D eigenvalue weighted by atomic mass is 19.4. The lowest BCUT2D eigenvalue weighted by molar-refractivity contribution is -0.137. The summed E-state index contributed by atoms with van der Waals surface area (Å²) in [5.74, 6) is -0.0172. The topological polar surface area (TPSA) is 94.7 Å². The third-order valence-corrected chi connectivity index (χ3v) is 7.53. The minimum Gasteiger partial charge on any atom is -0.445 e. The van der Waals surface area contributed by atoms with Gasteiger partial charge in [0.1, 0.15) is 17.6 Å². The molecule has 1 atom stereocenters. The van der Waals surface area contributed by atoms with E-state index in [1.165, 1.54) is 12.1 Å². The van der Waals surface area contributed by atoms with Gasteiger partial charge in [-0.05, 0) is 62.2 Å². The predicted octanol–water partition coefficient (Wildman–Crippen LogP) is 3.92. The number of ether oxygens (including phenoxy) is 1. The van der Waals surface area contributed by atoms with Crippen LogP contribution in [0.2, 0.25) is 0 Å². The average Bonchev–Trinajstić information content (AvgIpc) is 3.60. The summed E-state index contributed by atoms with van der Waals surface area (Å²) < 4.78 is 43.5. The average molecular weight is 531 g/mol. The fraction of sp³-hybridized carbons (Fsp3) is 0.462. The van der Waals surface area contributed by atoms with E-state index in [2.05, 4.69) is 27.4 Å². The molecule has 0 saturated carbocycles. The monoisotopic (exact) mass is 530 g/mol. The molecule has 202 valence electrons. The molecule has 5 rings (SSSR count). The zero-order valence-electron chi connectivity index (χ0n) is 20.9. The molecular weight excluding hydrogens is 501 g/mol. The number of alkyl halides is 3. The zero-order chi connectivity index (χ0) is 26.9. The van der Waals surface area contributed by atoms with Gasteiger partial charge in [-0.25, -0.2) is 4.79 Å². The van der Waals surface area contributed by atoms with E-state index in [9.17, 15) is 22.8 Å². The van der Waals surface area contributed by atoms with Crippen LogP contribution in [0.3, 0.4) is 0 Å². The van der Waals surface area contributed by atoms with E-state index in [4.69, 9.17) is 4.74 Å². The molecule has 1 N–H and O–H groups in total. The lowest BCUT2D eigenvalue weighted by Crippen LogP contribution is -2.49. The summed E-state index contributed by atoms with van der Waals surface area (Å²) in [6.45, 7) is 2.32. The summed E-state index contributed by atoms with van der Waals surface area (Å²) in [6, 6.07) is 10.4. The number of fused-ring (bicyclic) bond motifs is 1. The number of hydrogen-bond donors (Lipinski definition) is 1. The van der Waals surface area contributed by atoms with E-state index in [0.717, 1.165) is 36.9 Å². The van der Waals surface area contributed by atoms with Crippen molar-refractivity contribution in [1.82, 2.24) is 30.1 Å². The van der Waals surface area contributed by atoms with E-state index in [0.29, 0.717) is 42.8 Å². The third-order valence-electron chi connectivity index (χ3n) is 7.53. The Morgan fingerprint density at radius 3 is 2.34 bits per heavy atom. The summed E-state index contributed by atoms with van der Waals surface area (Å²) in [5.41, 5.74) is 1.74. The number of nitrogens with one attached hydrogen (secondary N) is 1. The molecule has 9 nitrogen and oxygen atoms in total. The summed E-state index contributed by atoms with van der Waals surface area (Å²) in [6.07, 6.45) is -2.43. The summed E-state index contributed by atoms with van der Waals surface area (Å²) in [7, 11) is 2.07. The smallest absolute Gasteiger partial charge is 0.416 e. The molecule has 1 unspecified atom stereocenters. The van der Waals surface area contributed by atoms with Crippen molar-refractivity contribution >= 4 is 23.0 Å². The van der Waals surface area contributed by atoms with Gasteiger partial charge >= 0.3 is 12.3 Å². The van der Waals surface area contributed by atoms with Crippen molar-refractivity contribution in [3.05, 3.63) is 59.2 Å². The normalized spacial score (nSPS) is 18.9. The number of carbonyl (C=O) groups excluding carboxylic acids is 2. The number of amides is 2. The van der Waals surface area contributed by atoms with E-state index < -0.39 is 17.8 Å². The number of aromatic nitrogens is 3.